The van der Waals surface area contributed by atoms with Gasteiger partial charge in [-0.25, -0.2) is 9.82 Å². The van der Waals surface area contributed by atoms with Gasteiger partial charge in [0.15, 0.2) is 0 Å². The van der Waals surface area contributed by atoms with Gasteiger partial charge in [0, 0.05) is 10.6 Å². The third kappa shape index (κ3) is 4.05. The van der Waals surface area contributed by atoms with Gasteiger partial charge < -0.3 is 0 Å². The van der Waals surface area contributed by atoms with Gasteiger partial charge in [-0.15, -0.1) is 11.3 Å². The van der Waals surface area contributed by atoms with Crippen LogP contribution in [0.4, 0.5) is 4.39 Å². The van der Waals surface area contributed by atoms with Crippen molar-refractivity contribution in [1.82, 2.24) is 5.43 Å². The van der Waals surface area contributed by atoms with E-state index in [1.165, 1.54) is 29.9 Å². The standard InChI is InChI=1S/C18H19FN2OS/c1-12-3-2-4-15(11-12)20-21-18(22)17-10-9-16(23-17)13-5-7-14(19)8-6-13/h5-10,12H,2-4,11H2,1H3,(H,21,22)/b20-15+/t12-/m0/s1. The molecule has 1 aliphatic rings. The van der Waals surface area contributed by atoms with Crippen molar-refractivity contribution in [3.63, 3.8) is 0 Å². The first-order valence-corrected chi connectivity index (χ1v) is 8.65. The molecule has 23 heavy (non-hydrogen) atoms. The minimum atomic E-state index is -0.263. The molecule has 1 atom stereocenters. The predicted octanol–water partition coefficient (Wildman–Crippen LogP) is 4.85. The Kier molecular flexibility index (Phi) is 4.86. The molecule has 5 heteroatoms. The highest BCUT2D eigenvalue weighted by atomic mass is 32.1. The van der Waals surface area contributed by atoms with Crippen LogP contribution in [-0.2, 0) is 0 Å². The summed E-state index contributed by atoms with van der Waals surface area (Å²) in [6, 6.07) is 9.93. The molecule has 3 nitrogen and oxygen atoms in total. The number of carbonyl (C=O) groups is 1. The topological polar surface area (TPSA) is 41.5 Å². The third-order valence-electron chi connectivity index (χ3n) is 4.02. The van der Waals surface area contributed by atoms with Gasteiger partial charge in [0.2, 0.25) is 0 Å². The Morgan fingerprint density at radius 2 is 2.04 bits per heavy atom. The van der Waals surface area contributed by atoms with Crippen molar-refractivity contribution in [2.45, 2.75) is 32.6 Å². The van der Waals surface area contributed by atoms with Crippen LogP contribution in [0.2, 0.25) is 0 Å². The van der Waals surface area contributed by atoms with Gasteiger partial charge in [-0.2, -0.15) is 5.10 Å². The van der Waals surface area contributed by atoms with E-state index in [0.717, 1.165) is 35.4 Å². The molecule has 120 valence electrons. The van der Waals surface area contributed by atoms with Gasteiger partial charge in [0.1, 0.15) is 5.82 Å². The Labute approximate surface area is 139 Å². The van der Waals surface area contributed by atoms with E-state index in [1.807, 2.05) is 6.07 Å². The second-order valence-corrected chi connectivity index (χ2v) is 7.08. The molecule has 1 N–H and O–H groups in total. The van der Waals surface area contributed by atoms with Crippen LogP contribution < -0.4 is 5.43 Å². The first kappa shape index (κ1) is 15.9. The maximum Gasteiger partial charge on any atom is 0.281 e. The molecule has 2 aromatic rings. The highest BCUT2D eigenvalue weighted by Gasteiger charge is 2.15. The lowest BCUT2D eigenvalue weighted by atomic mass is 9.89. The van der Waals surface area contributed by atoms with Crippen molar-refractivity contribution in [1.29, 1.82) is 0 Å². The summed E-state index contributed by atoms with van der Waals surface area (Å²) in [4.78, 5) is 13.7. The molecule has 3 rings (SSSR count). The Bertz CT molecular complexity index is 721. The van der Waals surface area contributed by atoms with E-state index in [-0.39, 0.29) is 11.7 Å². The number of nitrogens with zero attached hydrogens (tertiary/aromatic N) is 1. The molecule has 0 saturated heterocycles. The second-order valence-electron chi connectivity index (χ2n) is 5.99. The molecular weight excluding hydrogens is 311 g/mol. The van der Waals surface area contributed by atoms with E-state index < -0.39 is 0 Å². The zero-order valence-electron chi connectivity index (χ0n) is 13.0. The number of benzene rings is 1. The van der Waals surface area contributed by atoms with Crippen molar-refractivity contribution in [3.05, 3.63) is 47.1 Å². The Morgan fingerprint density at radius 3 is 2.78 bits per heavy atom. The molecule has 1 amide bonds. The van der Waals surface area contributed by atoms with E-state index >= 15 is 0 Å². The van der Waals surface area contributed by atoms with Gasteiger partial charge in [0.05, 0.1) is 4.88 Å². The van der Waals surface area contributed by atoms with E-state index in [4.69, 9.17) is 0 Å². The zero-order valence-corrected chi connectivity index (χ0v) is 13.8. The van der Waals surface area contributed by atoms with Crippen molar-refractivity contribution >= 4 is 23.0 Å². The minimum absolute atomic E-state index is 0.186. The summed E-state index contributed by atoms with van der Waals surface area (Å²) >= 11 is 1.38. The monoisotopic (exact) mass is 330 g/mol. The lowest BCUT2D eigenvalue weighted by Gasteiger charge is -2.18. The number of thiophene rings is 1. The summed E-state index contributed by atoms with van der Waals surface area (Å²) in [5.41, 5.74) is 4.64. The summed E-state index contributed by atoms with van der Waals surface area (Å²) in [6.45, 7) is 2.21. The highest BCUT2D eigenvalue weighted by Crippen LogP contribution is 2.28. The molecule has 1 saturated carbocycles. The van der Waals surface area contributed by atoms with E-state index in [0.29, 0.717) is 10.8 Å². The highest BCUT2D eigenvalue weighted by molar-refractivity contribution is 7.17. The minimum Gasteiger partial charge on any atom is -0.266 e. The van der Waals surface area contributed by atoms with Crippen molar-refractivity contribution in [2.24, 2.45) is 11.0 Å². The Balaban J connectivity index is 1.66. The van der Waals surface area contributed by atoms with Crippen LogP contribution in [0.15, 0.2) is 41.5 Å². The number of nitrogens with one attached hydrogen (secondary N) is 1. The number of rotatable bonds is 3. The summed E-state index contributed by atoms with van der Waals surface area (Å²) in [6.07, 6.45) is 4.31. The first-order chi connectivity index (χ1) is 11.1. The molecule has 0 aliphatic heterocycles. The number of carbonyl (C=O) groups excluding carboxylic acids is 1. The fraction of sp³-hybridized carbons (Fsp3) is 0.333. The maximum absolute atomic E-state index is 13.0. The lowest BCUT2D eigenvalue weighted by molar-refractivity contribution is 0.0958. The Hall–Kier alpha value is -2.01. The van der Waals surface area contributed by atoms with Crippen LogP contribution in [0.1, 0.15) is 42.3 Å². The van der Waals surface area contributed by atoms with Crippen LogP contribution in [0.25, 0.3) is 10.4 Å². The van der Waals surface area contributed by atoms with Crippen LogP contribution >= 0.6 is 11.3 Å². The first-order valence-electron chi connectivity index (χ1n) is 7.83. The summed E-state index contributed by atoms with van der Waals surface area (Å²) in [7, 11) is 0. The van der Waals surface area contributed by atoms with Crippen LogP contribution in [0.5, 0.6) is 0 Å². The number of hydrazone groups is 1. The summed E-state index contributed by atoms with van der Waals surface area (Å²) in [5.74, 6) is 0.195. The van der Waals surface area contributed by atoms with Gasteiger partial charge in [0.25, 0.3) is 5.91 Å². The summed E-state index contributed by atoms with van der Waals surface area (Å²) in [5, 5.41) is 4.28. The molecule has 0 bridgehead atoms. The molecule has 0 radical (unpaired) electrons. The van der Waals surface area contributed by atoms with Gasteiger partial charge in [-0.3, -0.25) is 4.79 Å². The van der Waals surface area contributed by atoms with E-state index in [1.54, 1.807) is 18.2 Å². The third-order valence-corrected chi connectivity index (χ3v) is 5.15. The SMILES string of the molecule is C[C@H]1CCC/C(=N\NC(=O)c2ccc(-c3ccc(F)cc3)s2)C1. The van der Waals surface area contributed by atoms with Gasteiger partial charge in [-0.05, 0) is 61.4 Å². The largest absolute Gasteiger partial charge is 0.281 e. The van der Waals surface area contributed by atoms with E-state index in [9.17, 15) is 9.18 Å². The maximum atomic E-state index is 13.0. The van der Waals surface area contributed by atoms with Crippen molar-refractivity contribution in [2.75, 3.05) is 0 Å². The molecule has 1 heterocycles. The second kappa shape index (κ2) is 7.04. The average Bonchev–Trinajstić information content (AvgIpc) is 3.03. The Morgan fingerprint density at radius 1 is 1.26 bits per heavy atom. The molecule has 0 unspecified atom stereocenters. The van der Waals surface area contributed by atoms with Crippen LogP contribution in [-0.4, -0.2) is 11.6 Å². The van der Waals surface area contributed by atoms with Crippen molar-refractivity contribution < 1.29 is 9.18 Å². The molecule has 1 aromatic carbocycles. The fourth-order valence-corrected chi connectivity index (χ4v) is 3.68. The lowest BCUT2D eigenvalue weighted by Crippen LogP contribution is -2.21. The van der Waals surface area contributed by atoms with Gasteiger partial charge >= 0.3 is 0 Å². The molecule has 1 fully saturated rings. The molecule has 1 aromatic heterocycles. The zero-order chi connectivity index (χ0) is 16.2. The van der Waals surface area contributed by atoms with Crippen molar-refractivity contribution in [3.8, 4) is 10.4 Å². The average molecular weight is 330 g/mol. The number of hydrogen-bond acceptors (Lipinski definition) is 3. The fourth-order valence-electron chi connectivity index (χ4n) is 2.78. The number of amides is 1. The van der Waals surface area contributed by atoms with Crippen LogP contribution in [0, 0.1) is 11.7 Å². The van der Waals surface area contributed by atoms with Gasteiger partial charge in [-0.1, -0.05) is 19.1 Å². The summed E-state index contributed by atoms with van der Waals surface area (Å²) < 4.78 is 13.0. The number of halogens is 1. The predicted molar refractivity (Wildman–Crippen MR) is 92.2 cm³/mol. The molecule has 1 aliphatic carbocycles. The smallest absolute Gasteiger partial charge is 0.266 e. The molecular formula is C18H19FN2OS. The van der Waals surface area contributed by atoms with Crippen LogP contribution in [0.3, 0.4) is 0 Å². The normalized spacial score (nSPS) is 19.7. The quantitative estimate of drug-likeness (QED) is 0.803. The molecule has 0 spiro atoms. The number of hydrogen-bond donors (Lipinski definition) is 1. The van der Waals surface area contributed by atoms with E-state index in [2.05, 4.69) is 17.5 Å².